The summed E-state index contributed by atoms with van der Waals surface area (Å²) in [5.41, 5.74) is 3.96. The number of anilines is 3. The Kier molecular flexibility index (Phi) is 3.60. The van der Waals surface area contributed by atoms with Crippen molar-refractivity contribution in [3.05, 3.63) is 53.1 Å². The molecule has 2 aromatic carbocycles. The number of benzene rings is 2. The summed E-state index contributed by atoms with van der Waals surface area (Å²) in [7, 11) is 2.10. The second kappa shape index (κ2) is 5.41. The fraction of sp³-hybridized carbons (Fsp3) is 0.235. The van der Waals surface area contributed by atoms with Crippen molar-refractivity contribution in [3.63, 3.8) is 0 Å². The van der Waals surface area contributed by atoms with Crippen molar-refractivity contribution in [2.75, 3.05) is 29.9 Å². The molecule has 0 radical (unpaired) electrons. The molecular formula is C17H17ClN2O. The molecule has 0 aliphatic carbocycles. The quantitative estimate of drug-likeness (QED) is 0.779. The normalized spacial score (nSPS) is 14.0. The van der Waals surface area contributed by atoms with E-state index < -0.39 is 0 Å². The molecule has 0 saturated heterocycles. The van der Waals surface area contributed by atoms with Gasteiger partial charge in [-0.3, -0.25) is 4.79 Å². The van der Waals surface area contributed by atoms with E-state index in [9.17, 15) is 4.79 Å². The number of Topliss-reactive ketones (excluding diaryl/α,β-unsaturated/α-hetero) is 1. The van der Waals surface area contributed by atoms with Crippen LogP contribution >= 0.6 is 11.6 Å². The molecule has 0 aromatic heterocycles. The molecule has 0 amide bonds. The van der Waals surface area contributed by atoms with Crippen LogP contribution in [0.4, 0.5) is 17.1 Å². The number of para-hydroxylation sites is 2. The average Bonchev–Trinajstić information content (AvgIpc) is 2.47. The maximum Gasteiger partial charge on any atom is 0.161 e. The van der Waals surface area contributed by atoms with E-state index in [-0.39, 0.29) is 5.78 Å². The van der Waals surface area contributed by atoms with Crippen LogP contribution in [0.3, 0.4) is 0 Å². The fourth-order valence-corrected chi connectivity index (χ4v) is 3.04. The van der Waals surface area contributed by atoms with Gasteiger partial charge in [0.05, 0.1) is 16.4 Å². The number of carbonyl (C=O) groups excluding carboxylic acids is 1. The largest absolute Gasteiger partial charge is 0.371 e. The molecule has 4 heteroatoms. The molecule has 21 heavy (non-hydrogen) atoms. The third-order valence-corrected chi connectivity index (χ3v) is 4.20. The zero-order valence-electron chi connectivity index (χ0n) is 12.1. The van der Waals surface area contributed by atoms with Crippen LogP contribution in [-0.2, 0) is 0 Å². The van der Waals surface area contributed by atoms with E-state index >= 15 is 0 Å². The minimum atomic E-state index is -0.00896. The Balaban J connectivity index is 2.04. The molecule has 0 spiro atoms. The number of carbonyl (C=O) groups is 1. The first-order chi connectivity index (χ1) is 10.1. The molecule has 0 N–H and O–H groups in total. The lowest BCUT2D eigenvalue weighted by atomic mass is 10.1. The summed E-state index contributed by atoms with van der Waals surface area (Å²) in [6.45, 7) is 3.37. The Hall–Kier alpha value is -2.00. The van der Waals surface area contributed by atoms with Gasteiger partial charge in [-0.1, -0.05) is 23.7 Å². The van der Waals surface area contributed by atoms with Gasteiger partial charge in [-0.2, -0.15) is 0 Å². The van der Waals surface area contributed by atoms with Gasteiger partial charge >= 0.3 is 0 Å². The molecule has 1 aliphatic rings. The summed E-state index contributed by atoms with van der Waals surface area (Å²) in [6, 6.07) is 14.0. The van der Waals surface area contributed by atoms with Crippen molar-refractivity contribution in [2.45, 2.75) is 6.92 Å². The molecule has 108 valence electrons. The zero-order chi connectivity index (χ0) is 15.0. The monoisotopic (exact) mass is 300 g/mol. The van der Waals surface area contributed by atoms with Crippen LogP contribution in [0.2, 0.25) is 5.02 Å². The lowest BCUT2D eigenvalue weighted by Crippen LogP contribution is -2.36. The van der Waals surface area contributed by atoms with Gasteiger partial charge in [-0.25, -0.2) is 0 Å². The molecule has 3 rings (SSSR count). The Morgan fingerprint density at radius 3 is 2.48 bits per heavy atom. The summed E-state index contributed by atoms with van der Waals surface area (Å²) >= 11 is 6.24. The van der Waals surface area contributed by atoms with Gasteiger partial charge in [0.1, 0.15) is 0 Å². The Morgan fingerprint density at radius 1 is 1.10 bits per heavy atom. The van der Waals surface area contributed by atoms with Crippen LogP contribution in [0, 0.1) is 0 Å². The highest BCUT2D eigenvalue weighted by molar-refractivity contribution is 6.34. The summed E-state index contributed by atoms with van der Waals surface area (Å²) in [6.07, 6.45) is 0. The predicted octanol–water partition coefficient (Wildman–Crippen LogP) is 4.13. The zero-order valence-corrected chi connectivity index (χ0v) is 12.9. The average molecular weight is 301 g/mol. The van der Waals surface area contributed by atoms with Crippen molar-refractivity contribution in [1.82, 2.24) is 0 Å². The molecule has 1 heterocycles. The Morgan fingerprint density at radius 2 is 1.81 bits per heavy atom. The standard InChI is InChI=1S/C17H17ClN2O/c1-12(21)14-8-7-13(11-15(14)18)20-10-9-19(2)16-5-3-4-6-17(16)20/h3-8,11H,9-10H2,1-2H3. The van der Waals surface area contributed by atoms with E-state index in [0.717, 1.165) is 24.5 Å². The van der Waals surface area contributed by atoms with Crippen LogP contribution in [0.15, 0.2) is 42.5 Å². The SMILES string of the molecule is CC(=O)c1ccc(N2CCN(C)c3ccccc32)cc1Cl. The van der Waals surface area contributed by atoms with Gasteiger partial charge in [0.2, 0.25) is 0 Å². The topological polar surface area (TPSA) is 23.6 Å². The number of rotatable bonds is 2. The molecule has 0 bridgehead atoms. The Bertz CT molecular complexity index is 699. The van der Waals surface area contributed by atoms with Crippen molar-refractivity contribution in [1.29, 1.82) is 0 Å². The van der Waals surface area contributed by atoms with E-state index in [1.165, 1.54) is 12.6 Å². The van der Waals surface area contributed by atoms with Crippen molar-refractivity contribution in [3.8, 4) is 0 Å². The van der Waals surface area contributed by atoms with Gasteiger partial charge in [-0.15, -0.1) is 0 Å². The molecule has 1 aliphatic heterocycles. The number of hydrogen-bond donors (Lipinski definition) is 0. The predicted molar refractivity (Wildman–Crippen MR) is 88.2 cm³/mol. The Labute approximate surface area is 129 Å². The highest BCUT2D eigenvalue weighted by Crippen LogP contribution is 2.37. The second-order valence-corrected chi connectivity index (χ2v) is 5.69. The number of ketones is 1. The van der Waals surface area contributed by atoms with Crippen LogP contribution in [0.25, 0.3) is 0 Å². The molecule has 0 atom stereocenters. The van der Waals surface area contributed by atoms with E-state index in [1.807, 2.05) is 24.3 Å². The molecule has 0 unspecified atom stereocenters. The highest BCUT2D eigenvalue weighted by atomic mass is 35.5. The van der Waals surface area contributed by atoms with Gasteiger partial charge in [-0.05, 0) is 37.3 Å². The van der Waals surface area contributed by atoms with Gasteiger partial charge in [0, 0.05) is 31.4 Å². The molecule has 0 saturated carbocycles. The number of fused-ring (bicyclic) bond motifs is 1. The van der Waals surface area contributed by atoms with E-state index in [2.05, 4.69) is 29.0 Å². The first-order valence-corrected chi connectivity index (χ1v) is 7.34. The molecular weight excluding hydrogens is 284 g/mol. The van der Waals surface area contributed by atoms with E-state index in [0.29, 0.717) is 10.6 Å². The van der Waals surface area contributed by atoms with Crippen LogP contribution in [-0.4, -0.2) is 25.9 Å². The first-order valence-electron chi connectivity index (χ1n) is 6.96. The van der Waals surface area contributed by atoms with Gasteiger partial charge in [0.25, 0.3) is 0 Å². The number of nitrogens with zero attached hydrogens (tertiary/aromatic N) is 2. The lowest BCUT2D eigenvalue weighted by Gasteiger charge is -2.37. The number of hydrogen-bond acceptors (Lipinski definition) is 3. The van der Waals surface area contributed by atoms with Crippen LogP contribution < -0.4 is 9.80 Å². The smallest absolute Gasteiger partial charge is 0.161 e. The maximum absolute atomic E-state index is 11.5. The third kappa shape index (κ3) is 2.49. The van der Waals surface area contributed by atoms with Crippen molar-refractivity contribution in [2.24, 2.45) is 0 Å². The summed E-state index contributed by atoms with van der Waals surface area (Å²) < 4.78 is 0. The number of likely N-dealkylation sites (N-methyl/N-ethyl adjacent to an activating group) is 1. The summed E-state index contributed by atoms with van der Waals surface area (Å²) in [4.78, 5) is 16.0. The first kappa shape index (κ1) is 14.0. The van der Waals surface area contributed by atoms with E-state index in [4.69, 9.17) is 11.6 Å². The second-order valence-electron chi connectivity index (χ2n) is 5.28. The minimum absolute atomic E-state index is 0.00896. The maximum atomic E-state index is 11.5. The summed E-state index contributed by atoms with van der Waals surface area (Å²) in [5.74, 6) is -0.00896. The highest BCUT2D eigenvalue weighted by Gasteiger charge is 2.21. The van der Waals surface area contributed by atoms with E-state index in [1.54, 1.807) is 6.07 Å². The summed E-state index contributed by atoms with van der Waals surface area (Å²) in [5, 5.41) is 0.511. The lowest BCUT2D eigenvalue weighted by molar-refractivity contribution is 0.101. The number of halogens is 1. The fourth-order valence-electron chi connectivity index (χ4n) is 2.73. The minimum Gasteiger partial charge on any atom is -0.371 e. The van der Waals surface area contributed by atoms with Crippen molar-refractivity contribution < 1.29 is 4.79 Å². The molecule has 0 fully saturated rings. The molecule has 2 aromatic rings. The third-order valence-electron chi connectivity index (χ3n) is 3.89. The van der Waals surface area contributed by atoms with Gasteiger partial charge < -0.3 is 9.80 Å². The van der Waals surface area contributed by atoms with Crippen LogP contribution in [0.5, 0.6) is 0 Å². The molecule has 3 nitrogen and oxygen atoms in total. The van der Waals surface area contributed by atoms with Crippen LogP contribution in [0.1, 0.15) is 17.3 Å². The van der Waals surface area contributed by atoms with Gasteiger partial charge in [0.15, 0.2) is 5.78 Å². The van der Waals surface area contributed by atoms with Crippen molar-refractivity contribution >= 4 is 34.4 Å².